The molecule has 1 aromatic heterocycles. The fraction of sp³-hybridized carbons (Fsp3) is 0.250. The van der Waals surface area contributed by atoms with Crippen molar-refractivity contribution < 1.29 is 4.74 Å². The van der Waals surface area contributed by atoms with Crippen molar-refractivity contribution in [3.8, 4) is 5.75 Å². The van der Waals surface area contributed by atoms with Gasteiger partial charge in [-0.2, -0.15) is 5.10 Å². The lowest BCUT2D eigenvalue weighted by atomic mass is 10.1. The molecule has 1 N–H and O–H groups in total. The van der Waals surface area contributed by atoms with E-state index >= 15 is 0 Å². The maximum Gasteiger partial charge on any atom is 0.146 e. The molecule has 20 heavy (non-hydrogen) atoms. The number of rotatable bonds is 6. The molecule has 0 aliphatic rings. The van der Waals surface area contributed by atoms with Crippen molar-refractivity contribution in [1.82, 2.24) is 4.98 Å². The quantitative estimate of drug-likeness (QED) is 0.642. The summed E-state index contributed by atoms with van der Waals surface area (Å²) in [6.07, 6.45) is 2.74. The Bertz CT molecular complexity index is 550. The Kier molecular flexibility index (Phi) is 5.12. The van der Waals surface area contributed by atoms with Crippen LogP contribution in [0.1, 0.15) is 25.8 Å². The maximum atomic E-state index is 5.55. The van der Waals surface area contributed by atoms with Crippen molar-refractivity contribution in [2.45, 2.75) is 20.3 Å². The number of hydrogen-bond donors (Lipinski definition) is 1. The summed E-state index contributed by atoms with van der Waals surface area (Å²) in [5, 5.41) is 4.32. The van der Waals surface area contributed by atoms with Gasteiger partial charge < -0.3 is 4.74 Å². The van der Waals surface area contributed by atoms with Crippen molar-refractivity contribution >= 4 is 11.5 Å². The van der Waals surface area contributed by atoms with E-state index in [1.165, 1.54) is 0 Å². The average Bonchev–Trinajstić information content (AvgIpc) is 2.52. The lowest BCUT2D eigenvalue weighted by Crippen LogP contribution is -2.01. The van der Waals surface area contributed by atoms with Gasteiger partial charge in [-0.3, -0.25) is 5.43 Å². The molecule has 1 heterocycles. The zero-order chi connectivity index (χ0) is 14.2. The fourth-order valence-electron chi connectivity index (χ4n) is 1.65. The van der Waals surface area contributed by atoms with Crippen LogP contribution in [0.3, 0.4) is 0 Å². The van der Waals surface area contributed by atoms with Gasteiger partial charge in [0.15, 0.2) is 0 Å². The summed E-state index contributed by atoms with van der Waals surface area (Å²) in [7, 11) is 0. The third kappa shape index (κ3) is 4.09. The van der Waals surface area contributed by atoms with E-state index < -0.39 is 0 Å². The minimum atomic E-state index is 0.731. The summed E-state index contributed by atoms with van der Waals surface area (Å²) >= 11 is 0. The van der Waals surface area contributed by atoms with Gasteiger partial charge in [-0.05, 0) is 55.3 Å². The molecule has 0 aliphatic carbocycles. The topological polar surface area (TPSA) is 46.5 Å². The highest BCUT2D eigenvalue weighted by Gasteiger charge is 1.99. The van der Waals surface area contributed by atoms with Gasteiger partial charge >= 0.3 is 0 Å². The van der Waals surface area contributed by atoms with Crippen molar-refractivity contribution in [3.63, 3.8) is 0 Å². The molecular weight excluding hydrogens is 250 g/mol. The second-order valence-electron chi connectivity index (χ2n) is 4.40. The molecule has 0 atom stereocenters. The van der Waals surface area contributed by atoms with Crippen LogP contribution in [0.4, 0.5) is 5.82 Å². The first kappa shape index (κ1) is 14.1. The van der Waals surface area contributed by atoms with E-state index in [0.29, 0.717) is 0 Å². The molecule has 0 spiro atoms. The molecule has 4 heteroatoms. The van der Waals surface area contributed by atoms with Gasteiger partial charge in [-0.15, -0.1) is 0 Å². The number of aromatic nitrogens is 1. The van der Waals surface area contributed by atoms with Gasteiger partial charge in [0.1, 0.15) is 11.6 Å². The van der Waals surface area contributed by atoms with Crippen LogP contribution in [0.2, 0.25) is 0 Å². The fourth-order valence-corrected chi connectivity index (χ4v) is 1.65. The Hall–Kier alpha value is -2.36. The zero-order valence-corrected chi connectivity index (χ0v) is 11.8. The highest BCUT2D eigenvalue weighted by atomic mass is 16.5. The number of hydrogen-bond acceptors (Lipinski definition) is 4. The first-order valence-corrected chi connectivity index (χ1v) is 6.74. The second-order valence-corrected chi connectivity index (χ2v) is 4.40. The van der Waals surface area contributed by atoms with Gasteiger partial charge in [0.2, 0.25) is 0 Å². The summed E-state index contributed by atoms with van der Waals surface area (Å²) in [4.78, 5) is 4.15. The number of hydrazone groups is 1. The van der Waals surface area contributed by atoms with E-state index in [-0.39, 0.29) is 0 Å². The second kappa shape index (κ2) is 7.28. The van der Waals surface area contributed by atoms with Crippen molar-refractivity contribution in [2.75, 3.05) is 12.0 Å². The van der Waals surface area contributed by atoms with E-state index in [0.717, 1.165) is 35.9 Å². The molecular formula is C16H19N3O. The van der Waals surface area contributed by atoms with Crippen LogP contribution in [0, 0.1) is 0 Å². The number of pyridine rings is 1. The predicted molar refractivity (Wildman–Crippen MR) is 82.3 cm³/mol. The molecule has 4 nitrogen and oxygen atoms in total. The first-order chi connectivity index (χ1) is 9.79. The van der Waals surface area contributed by atoms with Crippen LogP contribution in [0.5, 0.6) is 5.75 Å². The number of nitrogens with one attached hydrogen (secondary N) is 1. The minimum Gasteiger partial charge on any atom is -0.494 e. The van der Waals surface area contributed by atoms with E-state index in [4.69, 9.17) is 4.74 Å². The molecule has 0 fully saturated rings. The molecule has 2 rings (SSSR count). The lowest BCUT2D eigenvalue weighted by molar-refractivity contribution is 0.317. The molecule has 0 saturated heterocycles. The third-order valence-corrected chi connectivity index (χ3v) is 2.75. The minimum absolute atomic E-state index is 0.731. The molecule has 1 aromatic carbocycles. The Labute approximate surface area is 119 Å². The Morgan fingerprint density at radius 2 is 2.00 bits per heavy atom. The maximum absolute atomic E-state index is 5.55. The van der Waals surface area contributed by atoms with Crippen LogP contribution in [-0.4, -0.2) is 17.3 Å². The smallest absolute Gasteiger partial charge is 0.146 e. The molecule has 0 aliphatic heterocycles. The van der Waals surface area contributed by atoms with E-state index in [1.54, 1.807) is 6.20 Å². The van der Waals surface area contributed by atoms with Gasteiger partial charge in [0.25, 0.3) is 0 Å². The highest BCUT2D eigenvalue weighted by Crippen LogP contribution is 2.13. The number of anilines is 1. The summed E-state index contributed by atoms with van der Waals surface area (Å²) in [5.41, 5.74) is 4.89. The van der Waals surface area contributed by atoms with E-state index in [9.17, 15) is 0 Å². The lowest BCUT2D eigenvalue weighted by Gasteiger charge is -2.06. The van der Waals surface area contributed by atoms with E-state index in [1.807, 2.05) is 49.4 Å². The standard InChI is InChI=1S/C16H19N3O/c1-3-12-20-15-9-7-14(8-10-15)13(2)18-19-16-6-4-5-11-17-16/h4-11H,3,12H2,1-2H3,(H,17,19). The largest absolute Gasteiger partial charge is 0.494 e. The molecule has 0 saturated carbocycles. The highest BCUT2D eigenvalue weighted by molar-refractivity contribution is 5.99. The number of nitrogens with zero attached hydrogens (tertiary/aromatic N) is 2. The average molecular weight is 269 g/mol. The van der Waals surface area contributed by atoms with Gasteiger partial charge in [-0.25, -0.2) is 4.98 Å². The SMILES string of the molecule is CCCOc1ccc(C(C)=NNc2ccccn2)cc1. The normalized spacial score (nSPS) is 11.2. The molecule has 0 bridgehead atoms. The summed E-state index contributed by atoms with van der Waals surface area (Å²) in [6.45, 7) is 4.79. The molecule has 0 radical (unpaired) electrons. The van der Waals surface area contributed by atoms with Crippen molar-refractivity contribution in [3.05, 3.63) is 54.2 Å². The number of ether oxygens (including phenoxy) is 1. The van der Waals surface area contributed by atoms with Crippen LogP contribution >= 0.6 is 0 Å². The van der Waals surface area contributed by atoms with Crippen molar-refractivity contribution in [1.29, 1.82) is 0 Å². The summed E-state index contributed by atoms with van der Waals surface area (Å²) in [6, 6.07) is 13.6. The van der Waals surface area contributed by atoms with Crippen molar-refractivity contribution in [2.24, 2.45) is 5.10 Å². The zero-order valence-electron chi connectivity index (χ0n) is 11.8. The number of benzene rings is 1. The molecule has 104 valence electrons. The van der Waals surface area contributed by atoms with E-state index in [2.05, 4.69) is 22.4 Å². The van der Waals surface area contributed by atoms with Crippen LogP contribution < -0.4 is 10.2 Å². The predicted octanol–water partition coefficient (Wildman–Crippen LogP) is 3.71. The summed E-state index contributed by atoms with van der Waals surface area (Å²) in [5.74, 6) is 1.62. The van der Waals surface area contributed by atoms with Gasteiger partial charge in [-0.1, -0.05) is 13.0 Å². The molecule has 0 amide bonds. The van der Waals surface area contributed by atoms with Gasteiger partial charge in [0.05, 0.1) is 12.3 Å². The Morgan fingerprint density at radius 1 is 1.20 bits per heavy atom. The van der Waals surface area contributed by atoms with Crippen LogP contribution in [0.15, 0.2) is 53.8 Å². The Morgan fingerprint density at radius 3 is 2.65 bits per heavy atom. The molecule has 0 unspecified atom stereocenters. The summed E-state index contributed by atoms with van der Waals surface area (Å²) < 4.78 is 5.55. The first-order valence-electron chi connectivity index (χ1n) is 6.74. The van der Waals surface area contributed by atoms with Crippen LogP contribution in [-0.2, 0) is 0 Å². The Balaban J connectivity index is 1.99. The monoisotopic (exact) mass is 269 g/mol. The van der Waals surface area contributed by atoms with Crippen LogP contribution in [0.25, 0.3) is 0 Å². The van der Waals surface area contributed by atoms with Gasteiger partial charge in [0, 0.05) is 6.20 Å². The third-order valence-electron chi connectivity index (χ3n) is 2.75. The molecule has 2 aromatic rings.